The van der Waals surface area contributed by atoms with Crippen molar-refractivity contribution in [3.05, 3.63) is 72.9 Å². The van der Waals surface area contributed by atoms with Gasteiger partial charge in [0.2, 0.25) is 5.91 Å². The number of amides is 1. The first-order chi connectivity index (χ1) is 45.7. The molecule has 8 atom stereocenters. The standard InChI is InChI=1S/C82H149NO10/c1-4-7-10-13-16-19-22-25-27-29-31-33-35-37-39-40-42-44-46-48-51-54-57-60-63-66-69-75(86)81(90)83-73(74(85)68-65-62-59-56-53-50-24-21-18-15-12-9-6-3)72-91-82-80(79(89)78(88)76(71-84)92-82)93-77(87)70-67-64-61-58-55-52-49-47-45-43-41-38-36-34-32-30-28-26-23-20-17-14-11-8-5-2/h8,11,17,20,26,28,32,34,38,41,65,68,73-76,78-80,82,84-86,88-89H,4-7,9-10,12-16,18-19,21-25,27,29-31,33,35-37,39-40,42-64,66-67,69-72H2,1-3H3,(H,83,90)/b11-8-,20-17-,28-26-,34-32-,41-38-,68-65+. The van der Waals surface area contributed by atoms with Gasteiger partial charge in [-0.15, -0.1) is 0 Å². The molecule has 6 N–H and O–H groups in total. The smallest absolute Gasteiger partial charge is 0.306 e. The van der Waals surface area contributed by atoms with Crippen molar-refractivity contribution in [2.45, 2.75) is 423 Å². The number of hydrogen-bond donors (Lipinski definition) is 6. The van der Waals surface area contributed by atoms with Gasteiger partial charge in [-0.25, -0.2) is 0 Å². The zero-order valence-electron chi connectivity index (χ0n) is 60.6. The fraction of sp³-hybridized carbons (Fsp3) is 0.829. The number of carbonyl (C=O) groups excluding carboxylic acids is 2. The molecule has 1 fully saturated rings. The fourth-order valence-corrected chi connectivity index (χ4v) is 12.4. The molecule has 0 aromatic heterocycles. The Morgan fingerprint density at radius 2 is 0.774 bits per heavy atom. The second-order valence-corrected chi connectivity index (χ2v) is 27.4. The van der Waals surface area contributed by atoms with Gasteiger partial charge in [0.25, 0.3) is 0 Å². The lowest BCUT2D eigenvalue weighted by Gasteiger charge is -2.41. The topological polar surface area (TPSA) is 175 Å². The van der Waals surface area contributed by atoms with Crippen LogP contribution in [0.5, 0.6) is 0 Å². The van der Waals surface area contributed by atoms with Gasteiger partial charge in [-0.05, 0) is 70.6 Å². The zero-order chi connectivity index (χ0) is 67.4. The van der Waals surface area contributed by atoms with E-state index in [-0.39, 0.29) is 13.0 Å². The van der Waals surface area contributed by atoms with Crippen molar-refractivity contribution < 1.29 is 49.3 Å². The van der Waals surface area contributed by atoms with Gasteiger partial charge in [0.05, 0.1) is 25.4 Å². The van der Waals surface area contributed by atoms with E-state index in [1.54, 1.807) is 6.08 Å². The van der Waals surface area contributed by atoms with Crippen LogP contribution in [0.15, 0.2) is 72.9 Å². The van der Waals surface area contributed by atoms with E-state index in [9.17, 15) is 35.1 Å². The molecule has 0 bridgehead atoms. The van der Waals surface area contributed by atoms with E-state index < -0.39 is 67.4 Å². The molecule has 0 aromatic carbocycles. The van der Waals surface area contributed by atoms with E-state index >= 15 is 0 Å². The first-order valence-electron chi connectivity index (χ1n) is 39.7. The van der Waals surface area contributed by atoms with Crippen molar-refractivity contribution in [3.8, 4) is 0 Å². The van der Waals surface area contributed by atoms with Gasteiger partial charge in [0, 0.05) is 6.42 Å². The van der Waals surface area contributed by atoms with Crippen molar-refractivity contribution in [1.29, 1.82) is 0 Å². The van der Waals surface area contributed by atoms with Crippen molar-refractivity contribution in [2.75, 3.05) is 13.2 Å². The van der Waals surface area contributed by atoms with Crippen LogP contribution in [0.3, 0.4) is 0 Å². The first-order valence-corrected chi connectivity index (χ1v) is 39.7. The van der Waals surface area contributed by atoms with Gasteiger partial charge in [0.1, 0.15) is 24.4 Å². The molecular weight excluding hydrogens is 1160 g/mol. The third-order valence-corrected chi connectivity index (χ3v) is 18.6. The number of ether oxygens (including phenoxy) is 3. The summed E-state index contributed by atoms with van der Waals surface area (Å²) in [5.41, 5.74) is 0. The summed E-state index contributed by atoms with van der Waals surface area (Å²) < 4.78 is 17.8. The lowest BCUT2D eigenvalue weighted by molar-refractivity contribution is -0.305. The van der Waals surface area contributed by atoms with E-state index in [2.05, 4.69) is 86.8 Å². The third-order valence-electron chi connectivity index (χ3n) is 18.6. The third kappa shape index (κ3) is 55.8. The van der Waals surface area contributed by atoms with Crippen molar-refractivity contribution in [1.82, 2.24) is 5.32 Å². The molecule has 0 spiro atoms. The second-order valence-electron chi connectivity index (χ2n) is 27.4. The van der Waals surface area contributed by atoms with Crippen LogP contribution in [0.4, 0.5) is 0 Å². The molecule has 542 valence electrons. The van der Waals surface area contributed by atoms with E-state index in [0.29, 0.717) is 19.3 Å². The summed E-state index contributed by atoms with van der Waals surface area (Å²) in [6, 6.07) is -1.03. The Morgan fingerprint density at radius 1 is 0.430 bits per heavy atom. The van der Waals surface area contributed by atoms with Crippen LogP contribution in [0, 0.1) is 0 Å². The Bertz CT molecular complexity index is 1800. The maximum atomic E-state index is 13.5. The van der Waals surface area contributed by atoms with Crippen LogP contribution < -0.4 is 5.32 Å². The Labute approximate surface area is 572 Å². The van der Waals surface area contributed by atoms with E-state index in [0.717, 1.165) is 103 Å². The quantitative estimate of drug-likeness (QED) is 0.0195. The van der Waals surface area contributed by atoms with Gasteiger partial charge >= 0.3 is 5.97 Å². The van der Waals surface area contributed by atoms with Crippen LogP contribution in [-0.2, 0) is 23.8 Å². The van der Waals surface area contributed by atoms with Crippen LogP contribution >= 0.6 is 0 Å². The number of hydrogen-bond acceptors (Lipinski definition) is 10. The summed E-state index contributed by atoms with van der Waals surface area (Å²) in [7, 11) is 0. The molecule has 1 heterocycles. The Kier molecular flexibility index (Phi) is 65.4. The molecule has 1 saturated heterocycles. The minimum Gasteiger partial charge on any atom is -0.454 e. The van der Waals surface area contributed by atoms with Gasteiger partial charge in [-0.3, -0.25) is 9.59 Å². The normalized spacial score (nSPS) is 18.2. The first kappa shape index (κ1) is 88.1. The van der Waals surface area contributed by atoms with E-state index in [4.69, 9.17) is 14.2 Å². The summed E-state index contributed by atoms with van der Waals surface area (Å²) >= 11 is 0. The summed E-state index contributed by atoms with van der Waals surface area (Å²) in [6.07, 6.45) is 81.0. The van der Waals surface area contributed by atoms with E-state index in [1.165, 1.54) is 225 Å². The minimum atomic E-state index is -1.62. The number of allylic oxidation sites excluding steroid dienone is 11. The highest BCUT2D eigenvalue weighted by Crippen LogP contribution is 2.27. The predicted octanol–water partition coefficient (Wildman–Crippen LogP) is 21.4. The maximum Gasteiger partial charge on any atom is 0.306 e. The number of nitrogens with one attached hydrogen (secondary N) is 1. The Morgan fingerprint density at radius 3 is 1.16 bits per heavy atom. The number of esters is 1. The summed E-state index contributed by atoms with van der Waals surface area (Å²) in [6.45, 7) is 5.74. The highest BCUT2D eigenvalue weighted by Gasteiger charge is 2.47. The average Bonchev–Trinajstić information content (AvgIpc) is 0.843. The molecule has 1 amide bonds. The van der Waals surface area contributed by atoms with Crippen molar-refractivity contribution in [3.63, 3.8) is 0 Å². The molecule has 8 unspecified atom stereocenters. The molecule has 0 radical (unpaired) electrons. The Hall–Kier alpha value is -2.90. The minimum absolute atomic E-state index is 0.115. The van der Waals surface area contributed by atoms with Gasteiger partial charge in [-0.1, -0.05) is 370 Å². The molecule has 0 aromatic rings. The monoisotopic (exact) mass is 1310 g/mol. The van der Waals surface area contributed by atoms with Crippen LogP contribution in [0.2, 0.25) is 0 Å². The second kappa shape index (κ2) is 69.0. The number of carbonyl (C=O) groups is 2. The molecule has 11 heteroatoms. The number of rotatable bonds is 69. The largest absolute Gasteiger partial charge is 0.454 e. The fourth-order valence-electron chi connectivity index (χ4n) is 12.4. The molecular formula is C82H149NO10. The maximum absolute atomic E-state index is 13.5. The van der Waals surface area contributed by atoms with Crippen LogP contribution in [0.25, 0.3) is 0 Å². The lowest BCUT2D eigenvalue weighted by Crippen LogP contribution is -2.61. The van der Waals surface area contributed by atoms with Crippen LogP contribution in [0.1, 0.15) is 374 Å². The Balaban J connectivity index is 2.52. The summed E-state index contributed by atoms with van der Waals surface area (Å²) in [5.74, 6) is -1.19. The lowest BCUT2D eigenvalue weighted by atomic mass is 9.99. The number of unbranched alkanes of at least 4 members (excludes halogenated alkanes) is 45. The molecule has 1 rings (SSSR count). The van der Waals surface area contributed by atoms with Crippen LogP contribution in [-0.4, -0.2) is 99.6 Å². The van der Waals surface area contributed by atoms with Gasteiger partial charge in [-0.2, -0.15) is 0 Å². The number of aliphatic hydroxyl groups is 5. The average molecular weight is 1310 g/mol. The van der Waals surface area contributed by atoms with Crippen molar-refractivity contribution in [2.24, 2.45) is 0 Å². The molecule has 1 aliphatic rings. The molecule has 0 saturated carbocycles. The molecule has 0 aliphatic carbocycles. The van der Waals surface area contributed by atoms with Gasteiger partial charge < -0.3 is 45.1 Å². The highest BCUT2D eigenvalue weighted by molar-refractivity contribution is 5.80. The SMILES string of the molecule is CC/C=C\C/C=C\C/C=C\C/C=C\C/C=C\CCCCCCCCCCCC(=O)OC1C(OCC(NC(=O)C(O)CCCCCCCCCCCCCCCCCCCCCCCCCCCC)C(O)/C=C/CCCCCCCCCCCCC)OC(CO)C(O)C1O. The molecule has 11 nitrogen and oxygen atoms in total. The molecule has 1 aliphatic heterocycles. The summed E-state index contributed by atoms with van der Waals surface area (Å²) in [5, 5.41) is 57.5. The van der Waals surface area contributed by atoms with E-state index in [1.807, 2.05) is 6.08 Å². The highest BCUT2D eigenvalue weighted by atomic mass is 16.7. The van der Waals surface area contributed by atoms with Gasteiger partial charge in [0.15, 0.2) is 12.4 Å². The zero-order valence-corrected chi connectivity index (χ0v) is 60.6. The molecule has 93 heavy (non-hydrogen) atoms. The number of aliphatic hydroxyl groups excluding tert-OH is 5. The summed E-state index contributed by atoms with van der Waals surface area (Å²) in [4.78, 5) is 26.8. The van der Waals surface area contributed by atoms with Crippen molar-refractivity contribution >= 4 is 11.9 Å². The predicted molar refractivity (Wildman–Crippen MR) is 393 cm³/mol.